The second kappa shape index (κ2) is 6.30. The first kappa shape index (κ1) is 14.4. The monoisotopic (exact) mass is 246 g/mol. The van der Waals surface area contributed by atoms with Crippen molar-refractivity contribution in [2.24, 2.45) is 0 Å². The van der Waals surface area contributed by atoms with Crippen molar-refractivity contribution in [2.45, 2.75) is 44.6 Å². The summed E-state index contributed by atoms with van der Waals surface area (Å²) in [6.45, 7) is 4.15. The third-order valence-corrected chi connectivity index (χ3v) is 3.22. The van der Waals surface area contributed by atoms with Crippen molar-refractivity contribution in [3.8, 4) is 0 Å². The van der Waals surface area contributed by atoms with Crippen molar-refractivity contribution in [3.63, 3.8) is 0 Å². The average molecular weight is 246 g/mol. The Labute approximate surface area is 101 Å². The molecule has 0 radical (unpaired) electrons. The molecule has 1 rings (SSSR count). The van der Waals surface area contributed by atoms with Gasteiger partial charge < -0.3 is 20.6 Å². The number of rotatable bonds is 5. The Kier molecular flexibility index (Phi) is 5.32. The van der Waals surface area contributed by atoms with E-state index in [1.165, 1.54) is 6.92 Å². The van der Waals surface area contributed by atoms with Crippen LogP contribution in [0.1, 0.15) is 20.3 Å². The largest absolute Gasteiger partial charge is 0.395 e. The summed E-state index contributed by atoms with van der Waals surface area (Å²) < 4.78 is 0. The number of amides is 1. The van der Waals surface area contributed by atoms with E-state index in [-0.39, 0.29) is 25.1 Å². The molecule has 6 nitrogen and oxygen atoms in total. The Morgan fingerprint density at radius 1 is 1.29 bits per heavy atom. The van der Waals surface area contributed by atoms with Gasteiger partial charge in [0.1, 0.15) is 0 Å². The first-order valence-electron chi connectivity index (χ1n) is 6.00. The molecule has 1 aliphatic rings. The van der Waals surface area contributed by atoms with Crippen LogP contribution < -0.4 is 5.32 Å². The molecule has 1 fully saturated rings. The first-order chi connectivity index (χ1) is 8.02. The molecule has 0 bridgehead atoms. The third-order valence-electron chi connectivity index (χ3n) is 3.22. The van der Waals surface area contributed by atoms with Gasteiger partial charge in [-0.3, -0.25) is 9.69 Å². The van der Waals surface area contributed by atoms with E-state index in [4.69, 9.17) is 0 Å². The maximum atomic E-state index is 10.9. The zero-order valence-electron chi connectivity index (χ0n) is 10.3. The first-order valence-corrected chi connectivity index (χ1v) is 6.00. The summed E-state index contributed by atoms with van der Waals surface area (Å²) in [6, 6.07) is -0.797. The molecule has 0 unspecified atom stereocenters. The Balaban J connectivity index is 2.72. The summed E-state index contributed by atoms with van der Waals surface area (Å²) >= 11 is 0. The summed E-state index contributed by atoms with van der Waals surface area (Å²) in [5.41, 5.74) is 0. The molecule has 100 valence electrons. The standard InChI is InChI=1S/C11H22N2O4/c1-3-4-13-8(5-12-7(2)15)10(16)11(17)9(13)6-14/h8-11,14,16-17H,3-6H2,1-2H3,(H,12,15)/t8-,9-,10-,11-/m1/s1. The molecule has 4 N–H and O–H groups in total. The van der Waals surface area contributed by atoms with Crippen LogP contribution in [0.4, 0.5) is 0 Å². The lowest BCUT2D eigenvalue weighted by molar-refractivity contribution is -0.119. The predicted molar refractivity (Wildman–Crippen MR) is 62.4 cm³/mol. The van der Waals surface area contributed by atoms with E-state index >= 15 is 0 Å². The summed E-state index contributed by atoms with van der Waals surface area (Å²) in [4.78, 5) is 12.7. The van der Waals surface area contributed by atoms with Crippen molar-refractivity contribution in [3.05, 3.63) is 0 Å². The minimum atomic E-state index is -0.967. The normalized spacial score (nSPS) is 33.9. The van der Waals surface area contributed by atoms with Gasteiger partial charge in [-0.15, -0.1) is 0 Å². The maximum absolute atomic E-state index is 10.9. The minimum absolute atomic E-state index is 0.171. The van der Waals surface area contributed by atoms with Crippen LogP contribution >= 0.6 is 0 Å². The Morgan fingerprint density at radius 3 is 2.35 bits per heavy atom. The van der Waals surface area contributed by atoms with E-state index in [1.54, 1.807) is 0 Å². The fourth-order valence-electron chi connectivity index (χ4n) is 2.38. The number of nitrogens with one attached hydrogen (secondary N) is 1. The Bertz CT molecular complexity index is 262. The molecule has 0 aliphatic carbocycles. The van der Waals surface area contributed by atoms with Crippen molar-refractivity contribution >= 4 is 5.91 Å². The summed E-state index contributed by atoms with van der Waals surface area (Å²) in [5, 5.41) is 31.6. The molecule has 17 heavy (non-hydrogen) atoms. The molecule has 1 amide bonds. The topological polar surface area (TPSA) is 93.0 Å². The molecular weight excluding hydrogens is 224 g/mol. The molecule has 0 aromatic heterocycles. The number of hydrogen-bond acceptors (Lipinski definition) is 5. The minimum Gasteiger partial charge on any atom is -0.395 e. The lowest BCUT2D eigenvalue weighted by atomic mass is 10.1. The number of carbonyl (C=O) groups is 1. The van der Waals surface area contributed by atoms with Gasteiger partial charge >= 0.3 is 0 Å². The van der Waals surface area contributed by atoms with Crippen LogP contribution in [0.15, 0.2) is 0 Å². The Morgan fingerprint density at radius 2 is 1.88 bits per heavy atom. The van der Waals surface area contributed by atoms with Gasteiger partial charge in [0.15, 0.2) is 0 Å². The van der Waals surface area contributed by atoms with E-state index in [0.29, 0.717) is 6.54 Å². The molecular formula is C11H22N2O4. The van der Waals surface area contributed by atoms with Crippen molar-refractivity contribution in [1.82, 2.24) is 10.2 Å². The summed E-state index contributed by atoms with van der Waals surface area (Å²) in [6.07, 6.45) is -1.05. The quantitative estimate of drug-likeness (QED) is 0.464. The van der Waals surface area contributed by atoms with E-state index in [9.17, 15) is 20.1 Å². The van der Waals surface area contributed by atoms with Gasteiger partial charge in [-0.25, -0.2) is 0 Å². The van der Waals surface area contributed by atoms with Gasteiger partial charge in [-0.1, -0.05) is 6.92 Å². The van der Waals surface area contributed by atoms with Gasteiger partial charge in [0.05, 0.1) is 30.9 Å². The van der Waals surface area contributed by atoms with Crippen LogP contribution in [0.2, 0.25) is 0 Å². The molecule has 0 aromatic rings. The number of aliphatic hydroxyl groups excluding tert-OH is 3. The van der Waals surface area contributed by atoms with E-state index < -0.39 is 18.2 Å². The number of likely N-dealkylation sites (tertiary alicyclic amines) is 1. The van der Waals surface area contributed by atoms with E-state index in [1.807, 2.05) is 11.8 Å². The fourth-order valence-corrected chi connectivity index (χ4v) is 2.38. The summed E-state index contributed by atoms with van der Waals surface area (Å²) in [5.74, 6) is -0.171. The fraction of sp³-hybridized carbons (Fsp3) is 0.909. The molecule has 4 atom stereocenters. The predicted octanol–water partition coefficient (Wildman–Crippen LogP) is -1.70. The molecule has 0 saturated carbocycles. The number of hydrogen-bond donors (Lipinski definition) is 4. The van der Waals surface area contributed by atoms with Crippen molar-refractivity contribution < 1.29 is 20.1 Å². The van der Waals surface area contributed by atoms with Crippen LogP contribution in [-0.2, 0) is 4.79 Å². The number of carbonyl (C=O) groups excluding carboxylic acids is 1. The van der Waals surface area contributed by atoms with Crippen molar-refractivity contribution in [2.75, 3.05) is 19.7 Å². The van der Waals surface area contributed by atoms with Gasteiger partial charge in [0, 0.05) is 13.5 Å². The van der Waals surface area contributed by atoms with E-state index in [2.05, 4.69) is 5.32 Å². The van der Waals surface area contributed by atoms with E-state index in [0.717, 1.165) is 6.42 Å². The lowest BCUT2D eigenvalue weighted by Crippen LogP contribution is -2.47. The second-order valence-electron chi connectivity index (χ2n) is 4.47. The maximum Gasteiger partial charge on any atom is 0.216 e. The average Bonchev–Trinajstić information content (AvgIpc) is 2.50. The molecule has 1 saturated heterocycles. The van der Waals surface area contributed by atoms with Crippen LogP contribution in [0, 0.1) is 0 Å². The van der Waals surface area contributed by atoms with Gasteiger partial charge in [0.25, 0.3) is 0 Å². The third kappa shape index (κ3) is 3.16. The zero-order valence-corrected chi connectivity index (χ0v) is 10.3. The van der Waals surface area contributed by atoms with Crippen molar-refractivity contribution in [1.29, 1.82) is 0 Å². The van der Waals surface area contributed by atoms with Gasteiger partial charge in [-0.2, -0.15) is 0 Å². The highest BCUT2D eigenvalue weighted by molar-refractivity contribution is 5.72. The zero-order chi connectivity index (χ0) is 13.0. The lowest BCUT2D eigenvalue weighted by Gasteiger charge is -2.29. The molecule has 6 heteroatoms. The van der Waals surface area contributed by atoms with Crippen LogP contribution in [-0.4, -0.2) is 70.1 Å². The smallest absolute Gasteiger partial charge is 0.216 e. The van der Waals surface area contributed by atoms with Crippen LogP contribution in [0.3, 0.4) is 0 Å². The molecule has 1 aliphatic heterocycles. The molecule has 1 heterocycles. The Hall–Kier alpha value is -0.690. The molecule has 0 aromatic carbocycles. The highest BCUT2D eigenvalue weighted by Gasteiger charge is 2.46. The summed E-state index contributed by atoms with van der Waals surface area (Å²) in [7, 11) is 0. The van der Waals surface area contributed by atoms with Crippen LogP contribution in [0.5, 0.6) is 0 Å². The number of aliphatic hydroxyl groups is 3. The highest BCUT2D eigenvalue weighted by atomic mass is 16.3. The van der Waals surface area contributed by atoms with Gasteiger partial charge in [-0.05, 0) is 13.0 Å². The molecule has 0 spiro atoms. The highest BCUT2D eigenvalue weighted by Crippen LogP contribution is 2.25. The van der Waals surface area contributed by atoms with Crippen LogP contribution in [0.25, 0.3) is 0 Å². The number of nitrogens with zero attached hydrogens (tertiary/aromatic N) is 1. The van der Waals surface area contributed by atoms with Gasteiger partial charge in [0.2, 0.25) is 5.91 Å². The second-order valence-corrected chi connectivity index (χ2v) is 4.47. The SMILES string of the molecule is CCCN1[C@H](CO)[C@@H](O)[C@H](O)[C@H]1CNC(C)=O.